The van der Waals surface area contributed by atoms with Crippen molar-refractivity contribution < 1.29 is 21.2 Å². The summed E-state index contributed by atoms with van der Waals surface area (Å²) in [5.41, 5.74) is 0.920. The number of nitrogens with zero attached hydrogens (tertiary/aromatic N) is 1. The monoisotopic (exact) mass is 663 g/mol. The van der Waals surface area contributed by atoms with Crippen molar-refractivity contribution in [1.82, 2.24) is 0 Å². The van der Waals surface area contributed by atoms with Gasteiger partial charge >= 0.3 is 35.3 Å². The molecule has 0 saturated heterocycles. The van der Waals surface area contributed by atoms with Crippen molar-refractivity contribution in [3.63, 3.8) is 0 Å². The van der Waals surface area contributed by atoms with Crippen LogP contribution in [0.4, 0.5) is 0 Å². The number of hydrogen-bond donors (Lipinski definition) is 0. The predicted octanol–water partition coefficient (Wildman–Crippen LogP) is 6.53. The van der Waals surface area contributed by atoms with Crippen molar-refractivity contribution in [3.8, 4) is 0 Å². The summed E-state index contributed by atoms with van der Waals surface area (Å²) < 4.78 is 0.686. The second-order valence-corrected chi connectivity index (χ2v) is 13.4. The molecule has 1 saturated carbocycles. The van der Waals surface area contributed by atoms with Gasteiger partial charge in [-0.25, -0.2) is 0 Å². The fourth-order valence-corrected chi connectivity index (χ4v) is 7.14. The number of hydrogen-bond acceptors (Lipinski definition) is 1. The summed E-state index contributed by atoms with van der Waals surface area (Å²) in [6.07, 6.45) is 9.85. The first-order valence-corrected chi connectivity index (χ1v) is 17.4. The Morgan fingerprint density at radius 2 is 1.20 bits per heavy atom. The van der Waals surface area contributed by atoms with Crippen molar-refractivity contribution in [1.29, 1.82) is 0 Å². The zero-order chi connectivity index (χ0) is 21.6. The minimum Gasteiger partial charge on any atom is -0.619 e. The molecule has 3 aromatic rings. The molecule has 1 aliphatic carbocycles. The average Bonchev–Trinajstić information content (AvgIpc) is 2.79. The molecule has 0 radical (unpaired) electrons. The molecule has 2 nitrogen and oxygen atoms in total. The van der Waals surface area contributed by atoms with Gasteiger partial charge in [0.2, 0.25) is 0 Å². The second-order valence-electron chi connectivity index (χ2n) is 6.90. The van der Waals surface area contributed by atoms with E-state index in [-0.39, 0.29) is 0 Å². The Bertz CT molecular complexity index is 758. The van der Waals surface area contributed by atoms with Gasteiger partial charge in [-0.1, -0.05) is 54.4 Å². The van der Waals surface area contributed by atoms with E-state index in [9.17, 15) is 5.21 Å². The molecule has 1 aliphatic rings. The van der Waals surface area contributed by atoms with Gasteiger partial charge in [0.05, 0.1) is 29.2 Å². The molecule has 1 aromatic heterocycles. The summed E-state index contributed by atoms with van der Waals surface area (Å²) >= 11 is 4.99. The van der Waals surface area contributed by atoms with Gasteiger partial charge < -0.3 is 5.21 Å². The average molecular weight is 665 g/mol. The van der Waals surface area contributed by atoms with E-state index in [1.54, 1.807) is 10.6 Å². The first-order valence-electron chi connectivity index (χ1n) is 9.80. The molecule has 0 unspecified atom stereocenters. The Morgan fingerprint density at radius 1 is 0.767 bits per heavy atom. The van der Waals surface area contributed by atoms with E-state index in [0.29, 0.717) is 9.75 Å². The molecule has 1 fully saturated rings. The largest absolute Gasteiger partial charge is 0.619 e. The molecular formula is C23H26Cl3NOPPt+. The van der Waals surface area contributed by atoms with Crippen LogP contribution in [-0.4, -0.2) is 5.66 Å². The van der Waals surface area contributed by atoms with Crippen LogP contribution in [0.2, 0.25) is 5.02 Å². The molecule has 0 aliphatic heterocycles. The Kier molecular flexibility index (Phi) is 13.0. The Hall–Kier alpha value is -0.622. The van der Waals surface area contributed by atoms with Crippen molar-refractivity contribution in [2.75, 3.05) is 0 Å². The summed E-state index contributed by atoms with van der Waals surface area (Å²) in [5.74, 6) is 0. The number of rotatable bonds is 3. The minimum absolute atomic E-state index is 0.472. The van der Waals surface area contributed by atoms with Crippen LogP contribution in [0.5, 0.6) is 0 Å². The van der Waals surface area contributed by atoms with Crippen LogP contribution in [0.15, 0.2) is 85.2 Å². The van der Waals surface area contributed by atoms with E-state index >= 15 is 0 Å². The van der Waals surface area contributed by atoms with Crippen molar-refractivity contribution in [2.45, 2.75) is 37.8 Å². The van der Waals surface area contributed by atoms with E-state index in [1.807, 2.05) is 0 Å². The van der Waals surface area contributed by atoms with Gasteiger partial charge in [-0.3, -0.25) is 0 Å². The third-order valence-corrected chi connectivity index (χ3v) is 8.50. The smallest absolute Gasteiger partial charge is 0.181 e. The van der Waals surface area contributed by atoms with Crippen molar-refractivity contribution in [3.05, 3.63) is 95.4 Å². The van der Waals surface area contributed by atoms with Gasteiger partial charge in [0.15, 0.2) is 12.4 Å². The molecule has 30 heavy (non-hydrogen) atoms. The maximum Gasteiger partial charge on any atom is 0.181 e. The molecule has 2 aromatic carbocycles. The van der Waals surface area contributed by atoms with E-state index < -0.39 is 24.4 Å². The molecule has 7 heteroatoms. The van der Waals surface area contributed by atoms with Crippen LogP contribution in [-0.2, 0) is 16.5 Å². The standard InChI is InChI=1S/C18H21P.C5H4ClNO.2ClH.Pt/c1-4-10-16(11-5-1)19(17-12-6-2-7-13-17)18-14-8-3-9-15-18;6-5-1-3-7(8)4-2-5;;;/h1-2,4-7,10-13,18H,3,8-9,14-15H2;1-4H;2*1H;/q;;;;+2/p-1. The molecule has 0 amide bonds. The van der Waals surface area contributed by atoms with Gasteiger partial charge in [-0.15, -0.1) is 0 Å². The maximum atomic E-state index is 10.3. The van der Waals surface area contributed by atoms with Crippen molar-refractivity contribution in [2.24, 2.45) is 0 Å². The van der Waals surface area contributed by atoms with Gasteiger partial charge in [0.25, 0.3) is 0 Å². The van der Waals surface area contributed by atoms with Crippen LogP contribution in [0.3, 0.4) is 0 Å². The molecule has 0 atom stereocenters. The van der Waals surface area contributed by atoms with Crippen LogP contribution in [0.25, 0.3) is 0 Å². The third kappa shape index (κ3) is 9.25. The van der Waals surface area contributed by atoms with Gasteiger partial charge in [-0.05, 0) is 49.9 Å². The minimum atomic E-state index is -0.600. The molecule has 0 spiro atoms. The fraction of sp³-hybridized carbons (Fsp3) is 0.261. The van der Waals surface area contributed by atoms with Gasteiger partial charge in [-0.2, -0.15) is 4.73 Å². The topological polar surface area (TPSA) is 26.9 Å². The summed E-state index contributed by atoms with van der Waals surface area (Å²) in [6, 6.07) is 25.5. The normalized spacial score (nSPS) is 13.7. The fourth-order valence-electron chi connectivity index (χ4n) is 3.66. The third-order valence-electron chi connectivity index (χ3n) is 4.94. The summed E-state index contributed by atoms with van der Waals surface area (Å²) in [7, 11) is 9.15. The number of aromatic nitrogens is 1. The second kappa shape index (κ2) is 15.2. The Morgan fingerprint density at radius 3 is 1.60 bits per heavy atom. The van der Waals surface area contributed by atoms with E-state index in [2.05, 4.69) is 60.7 Å². The first kappa shape index (κ1) is 25.6. The molecule has 0 N–H and O–H groups in total. The number of halogens is 3. The SMILES string of the molecule is [Cl][Pt][Cl].[O-][n+]1ccc(Cl)cc1.c1ccc([PH+](c2ccccc2)C2CCCCC2)cc1. The Balaban J connectivity index is 0.000000243. The number of benzene rings is 2. The van der Waals surface area contributed by atoms with Crippen LogP contribution < -0.4 is 15.3 Å². The zero-order valence-electron chi connectivity index (χ0n) is 16.5. The van der Waals surface area contributed by atoms with Crippen LogP contribution >= 0.6 is 38.4 Å². The summed E-state index contributed by atoms with van der Waals surface area (Å²) in [6.45, 7) is 0. The molecule has 164 valence electrons. The summed E-state index contributed by atoms with van der Waals surface area (Å²) in [4.78, 5) is 0. The van der Waals surface area contributed by atoms with E-state index in [4.69, 9.17) is 30.4 Å². The van der Waals surface area contributed by atoms with Gasteiger partial charge in [0, 0.05) is 12.1 Å². The molecule has 4 rings (SSSR count). The number of pyridine rings is 1. The molecule has 0 bridgehead atoms. The van der Waals surface area contributed by atoms with Crippen LogP contribution in [0.1, 0.15) is 32.1 Å². The van der Waals surface area contributed by atoms with Crippen LogP contribution in [0, 0.1) is 5.21 Å². The van der Waals surface area contributed by atoms with Gasteiger partial charge in [0.1, 0.15) is 0 Å². The quantitative estimate of drug-likeness (QED) is 0.178. The summed E-state index contributed by atoms with van der Waals surface area (Å²) in [5, 5.41) is 14.0. The Labute approximate surface area is 202 Å². The first-order chi connectivity index (χ1) is 14.7. The predicted molar refractivity (Wildman–Crippen MR) is 129 cm³/mol. The molecule has 1 heterocycles. The zero-order valence-corrected chi connectivity index (χ0v) is 22.0. The van der Waals surface area contributed by atoms with E-state index in [1.165, 1.54) is 56.6 Å². The maximum absolute atomic E-state index is 10.3. The van der Waals surface area contributed by atoms with Crippen molar-refractivity contribution >= 4 is 49.0 Å². The molecular weight excluding hydrogens is 639 g/mol. The van der Waals surface area contributed by atoms with E-state index in [0.717, 1.165) is 5.66 Å².